The minimum absolute atomic E-state index is 0.0730. The van der Waals surface area contributed by atoms with Crippen LogP contribution < -0.4 is 5.73 Å². The molecular formula is C21H23N5O4. The number of nitrogens with zero attached hydrogens (tertiary/aromatic N) is 4. The van der Waals surface area contributed by atoms with Crippen LogP contribution >= 0.6 is 0 Å². The second kappa shape index (κ2) is 7.74. The average Bonchev–Trinajstić information content (AvgIpc) is 3.13. The van der Waals surface area contributed by atoms with Gasteiger partial charge in [0.25, 0.3) is 5.91 Å². The van der Waals surface area contributed by atoms with E-state index >= 15 is 0 Å². The smallest absolute Gasteiger partial charge is 0.311 e. The summed E-state index contributed by atoms with van der Waals surface area (Å²) in [6.45, 7) is 1.93. The van der Waals surface area contributed by atoms with E-state index in [1.807, 2.05) is 30.3 Å². The van der Waals surface area contributed by atoms with Crippen molar-refractivity contribution >= 4 is 23.7 Å². The van der Waals surface area contributed by atoms with Crippen molar-refractivity contribution in [3.8, 4) is 0 Å². The molecule has 2 aromatic rings. The van der Waals surface area contributed by atoms with Gasteiger partial charge in [-0.15, -0.1) is 0 Å². The fourth-order valence-electron chi connectivity index (χ4n) is 4.48. The number of carbonyl (C=O) groups excluding carboxylic acids is 3. The number of fused-ring (bicyclic) bond motifs is 1. The summed E-state index contributed by atoms with van der Waals surface area (Å²) < 4.78 is 5.01. The highest BCUT2D eigenvalue weighted by molar-refractivity contribution is 5.98. The van der Waals surface area contributed by atoms with Gasteiger partial charge < -0.3 is 20.3 Å². The van der Waals surface area contributed by atoms with Crippen molar-refractivity contribution in [2.75, 3.05) is 25.9 Å². The Bertz CT molecular complexity index is 996. The number of methoxy groups -OCH3 is 1. The number of nitrogens with two attached hydrogens (primary N) is 1. The van der Waals surface area contributed by atoms with Crippen LogP contribution in [0.1, 0.15) is 34.1 Å². The molecule has 156 valence electrons. The molecule has 2 fully saturated rings. The van der Waals surface area contributed by atoms with Crippen LogP contribution in [0, 0.1) is 12.8 Å². The van der Waals surface area contributed by atoms with Gasteiger partial charge in [-0.05, 0) is 18.9 Å². The van der Waals surface area contributed by atoms with E-state index in [2.05, 4.69) is 9.97 Å². The number of aryl methyl sites for hydroxylation is 1. The van der Waals surface area contributed by atoms with Gasteiger partial charge in [-0.1, -0.05) is 30.3 Å². The standard InChI is InChI=1S/C21H23N5O4/c1-12-16(9-23-21(22)24-12)19(28)25-10-14-8-15(20(29)30-2)18(26(14)17(27)11-25)13-6-4-3-5-7-13/h3-7,9,14-15,18H,8,10-11H2,1-2H3,(H2,22,23,24)/t14-,15-,18-/m0/s1. The zero-order chi connectivity index (χ0) is 21.4. The van der Waals surface area contributed by atoms with Gasteiger partial charge in [0.1, 0.15) is 6.54 Å². The number of carbonyl (C=O) groups is 3. The van der Waals surface area contributed by atoms with Crippen molar-refractivity contribution in [3.63, 3.8) is 0 Å². The molecule has 2 aliphatic rings. The molecule has 1 aromatic heterocycles. The first kappa shape index (κ1) is 19.8. The maximum absolute atomic E-state index is 13.1. The van der Waals surface area contributed by atoms with Gasteiger partial charge in [0.05, 0.1) is 36.4 Å². The van der Waals surface area contributed by atoms with Crippen LogP contribution in [-0.2, 0) is 14.3 Å². The van der Waals surface area contributed by atoms with Crippen molar-refractivity contribution in [1.29, 1.82) is 0 Å². The van der Waals surface area contributed by atoms with Crippen molar-refractivity contribution in [2.24, 2.45) is 5.92 Å². The Kier molecular flexibility index (Phi) is 5.11. The highest BCUT2D eigenvalue weighted by Crippen LogP contribution is 2.43. The minimum atomic E-state index is -0.483. The number of anilines is 1. The quantitative estimate of drug-likeness (QED) is 0.750. The number of hydrogen-bond acceptors (Lipinski definition) is 7. The summed E-state index contributed by atoms with van der Waals surface area (Å²) in [6.07, 6.45) is 1.81. The lowest BCUT2D eigenvalue weighted by Gasteiger charge is -2.40. The molecule has 0 unspecified atom stereocenters. The summed E-state index contributed by atoms with van der Waals surface area (Å²) >= 11 is 0. The molecular weight excluding hydrogens is 386 g/mol. The van der Waals surface area contributed by atoms with E-state index in [-0.39, 0.29) is 36.3 Å². The van der Waals surface area contributed by atoms with Crippen LogP contribution in [0.15, 0.2) is 36.5 Å². The van der Waals surface area contributed by atoms with Gasteiger partial charge in [-0.3, -0.25) is 14.4 Å². The Morgan fingerprint density at radius 1 is 1.23 bits per heavy atom. The molecule has 3 heterocycles. The summed E-state index contributed by atoms with van der Waals surface area (Å²) in [5.41, 5.74) is 7.23. The SMILES string of the molecule is COC(=O)[C@H]1C[C@H]2CN(C(=O)c3cnc(N)nc3C)CC(=O)N2[C@H]1c1ccccc1. The molecule has 3 atom stereocenters. The number of piperazine rings is 1. The number of benzene rings is 1. The van der Waals surface area contributed by atoms with Crippen molar-refractivity contribution < 1.29 is 19.1 Å². The molecule has 4 rings (SSSR count). The molecule has 0 radical (unpaired) electrons. The van der Waals surface area contributed by atoms with Gasteiger partial charge in [-0.25, -0.2) is 9.97 Å². The molecule has 0 aliphatic carbocycles. The van der Waals surface area contributed by atoms with Crippen LogP contribution in [0.5, 0.6) is 0 Å². The maximum Gasteiger partial charge on any atom is 0.311 e. The van der Waals surface area contributed by atoms with E-state index in [1.54, 1.807) is 11.8 Å². The van der Waals surface area contributed by atoms with Gasteiger partial charge in [0.15, 0.2) is 0 Å². The second-order valence-corrected chi connectivity index (χ2v) is 7.59. The van der Waals surface area contributed by atoms with Crippen LogP contribution in [0.2, 0.25) is 0 Å². The first-order valence-corrected chi connectivity index (χ1v) is 9.73. The number of esters is 1. The normalized spacial score (nSPS) is 23.3. The lowest BCUT2D eigenvalue weighted by atomic mass is 9.93. The van der Waals surface area contributed by atoms with Crippen LogP contribution in [0.3, 0.4) is 0 Å². The molecule has 1 aromatic carbocycles. The lowest BCUT2D eigenvalue weighted by Crippen LogP contribution is -2.56. The Hall–Kier alpha value is -3.49. The van der Waals surface area contributed by atoms with Crippen LogP contribution in [-0.4, -0.2) is 63.8 Å². The average molecular weight is 409 g/mol. The Balaban J connectivity index is 1.63. The van der Waals surface area contributed by atoms with Gasteiger partial charge >= 0.3 is 5.97 Å². The van der Waals surface area contributed by atoms with Crippen molar-refractivity contribution in [2.45, 2.75) is 25.4 Å². The summed E-state index contributed by atoms with van der Waals surface area (Å²) in [6, 6.07) is 8.77. The van der Waals surface area contributed by atoms with E-state index in [4.69, 9.17) is 10.5 Å². The topological polar surface area (TPSA) is 119 Å². The number of amides is 2. The number of nitrogen functional groups attached to an aromatic ring is 1. The Labute approximate surface area is 173 Å². The summed E-state index contributed by atoms with van der Waals surface area (Å²) in [5, 5.41) is 0. The zero-order valence-electron chi connectivity index (χ0n) is 16.8. The minimum Gasteiger partial charge on any atom is -0.469 e. The number of ether oxygens (including phenoxy) is 1. The fourth-order valence-corrected chi connectivity index (χ4v) is 4.48. The zero-order valence-corrected chi connectivity index (χ0v) is 16.8. The third kappa shape index (κ3) is 3.36. The number of hydrogen-bond donors (Lipinski definition) is 1. The van der Waals surface area contributed by atoms with E-state index in [0.717, 1.165) is 5.56 Å². The van der Waals surface area contributed by atoms with Gasteiger partial charge in [0, 0.05) is 12.7 Å². The van der Waals surface area contributed by atoms with E-state index in [1.165, 1.54) is 18.2 Å². The predicted octanol–water partition coefficient (Wildman–Crippen LogP) is 0.954. The second-order valence-electron chi connectivity index (χ2n) is 7.59. The third-order valence-corrected chi connectivity index (χ3v) is 5.81. The highest BCUT2D eigenvalue weighted by Gasteiger charge is 2.51. The maximum atomic E-state index is 13.1. The van der Waals surface area contributed by atoms with E-state index in [0.29, 0.717) is 24.2 Å². The van der Waals surface area contributed by atoms with Gasteiger partial charge in [0.2, 0.25) is 11.9 Å². The molecule has 2 N–H and O–H groups in total. The van der Waals surface area contributed by atoms with Crippen LogP contribution in [0.25, 0.3) is 0 Å². The first-order chi connectivity index (χ1) is 14.4. The highest BCUT2D eigenvalue weighted by atomic mass is 16.5. The summed E-state index contributed by atoms with van der Waals surface area (Å²) in [5.74, 6) is -1.27. The molecule has 30 heavy (non-hydrogen) atoms. The van der Waals surface area contributed by atoms with Crippen molar-refractivity contribution in [3.05, 3.63) is 53.3 Å². The molecule has 2 amide bonds. The monoisotopic (exact) mass is 409 g/mol. The van der Waals surface area contributed by atoms with E-state index < -0.39 is 12.0 Å². The molecule has 0 spiro atoms. The van der Waals surface area contributed by atoms with E-state index in [9.17, 15) is 14.4 Å². The molecule has 0 bridgehead atoms. The fraction of sp³-hybridized carbons (Fsp3) is 0.381. The summed E-state index contributed by atoms with van der Waals surface area (Å²) in [7, 11) is 1.35. The molecule has 9 nitrogen and oxygen atoms in total. The van der Waals surface area contributed by atoms with Gasteiger partial charge in [-0.2, -0.15) is 0 Å². The number of rotatable bonds is 3. The molecule has 0 saturated carbocycles. The first-order valence-electron chi connectivity index (χ1n) is 9.73. The van der Waals surface area contributed by atoms with Crippen LogP contribution in [0.4, 0.5) is 5.95 Å². The predicted molar refractivity (Wildman–Crippen MR) is 107 cm³/mol. The Morgan fingerprint density at radius 3 is 2.63 bits per heavy atom. The number of aromatic nitrogens is 2. The molecule has 2 saturated heterocycles. The largest absolute Gasteiger partial charge is 0.469 e. The Morgan fingerprint density at radius 2 is 1.97 bits per heavy atom. The summed E-state index contributed by atoms with van der Waals surface area (Å²) in [4.78, 5) is 49.8. The molecule has 2 aliphatic heterocycles. The molecule has 9 heteroatoms. The lowest BCUT2D eigenvalue weighted by molar-refractivity contribution is -0.147. The third-order valence-electron chi connectivity index (χ3n) is 5.81. The van der Waals surface area contributed by atoms with Crippen molar-refractivity contribution in [1.82, 2.24) is 19.8 Å².